The van der Waals surface area contributed by atoms with Crippen LogP contribution in [0.25, 0.3) is 0 Å². The number of aliphatic hydroxyl groups excluding tert-OH is 1. The maximum atomic E-state index is 11.3. The van der Waals surface area contributed by atoms with Gasteiger partial charge in [-0.05, 0) is 19.3 Å². The largest absolute Gasteiger partial charge is 0.393 e. The van der Waals surface area contributed by atoms with E-state index in [2.05, 4.69) is 5.32 Å². The topological polar surface area (TPSA) is 49.3 Å². The van der Waals surface area contributed by atoms with E-state index in [9.17, 15) is 9.90 Å². The highest BCUT2D eigenvalue weighted by Crippen LogP contribution is 2.43. The summed E-state index contributed by atoms with van der Waals surface area (Å²) in [4.78, 5) is 11.3. The monoisotopic (exact) mass is 183 g/mol. The molecule has 1 heterocycles. The summed E-state index contributed by atoms with van der Waals surface area (Å²) in [6.45, 7) is 0.746. The number of piperidine rings is 1. The minimum atomic E-state index is -0.243. The fourth-order valence-corrected chi connectivity index (χ4v) is 2.71. The Morgan fingerprint density at radius 3 is 2.92 bits per heavy atom. The number of hydrogen-bond donors (Lipinski definition) is 2. The van der Waals surface area contributed by atoms with Crippen LogP contribution in [0.5, 0.6) is 0 Å². The van der Waals surface area contributed by atoms with Crippen LogP contribution in [-0.4, -0.2) is 23.7 Å². The quantitative estimate of drug-likeness (QED) is 0.584. The van der Waals surface area contributed by atoms with E-state index in [0.717, 1.165) is 32.2 Å². The molecule has 0 aromatic carbocycles. The van der Waals surface area contributed by atoms with Crippen LogP contribution >= 0.6 is 0 Å². The van der Waals surface area contributed by atoms with Gasteiger partial charge in [0.2, 0.25) is 5.91 Å². The molecule has 0 aromatic rings. The SMILES string of the molecule is O=C1CC2(CCCCC2O)CCN1. The molecule has 2 N–H and O–H groups in total. The summed E-state index contributed by atoms with van der Waals surface area (Å²) in [5.74, 6) is 0.118. The van der Waals surface area contributed by atoms with Gasteiger partial charge in [-0.2, -0.15) is 0 Å². The fourth-order valence-electron chi connectivity index (χ4n) is 2.71. The van der Waals surface area contributed by atoms with E-state index in [1.165, 1.54) is 6.42 Å². The number of nitrogens with one attached hydrogen (secondary N) is 1. The Balaban J connectivity index is 2.11. The average Bonchev–Trinajstić information content (AvgIpc) is 2.11. The van der Waals surface area contributed by atoms with Crippen molar-refractivity contribution < 1.29 is 9.90 Å². The van der Waals surface area contributed by atoms with Gasteiger partial charge in [0.15, 0.2) is 0 Å². The molecule has 1 amide bonds. The molecule has 0 radical (unpaired) electrons. The van der Waals surface area contributed by atoms with Gasteiger partial charge in [-0.1, -0.05) is 12.8 Å². The molecule has 1 aliphatic carbocycles. The van der Waals surface area contributed by atoms with Crippen LogP contribution in [0.3, 0.4) is 0 Å². The lowest BCUT2D eigenvalue weighted by Crippen LogP contribution is -2.48. The first-order valence-electron chi connectivity index (χ1n) is 5.18. The Morgan fingerprint density at radius 1 is 1.38 bits per heavy atom. The van der Waals surface area contributed by atoms with Gasteiger partial charge >= 0.3 is 0 Å². The Hall–Kier alpha value is -0.570. The first-order chi connectivity index (χ1) is 6.23. The normalized spacial score (nSPS) is 40.4. The predicted octanol–water partition coefficient (Wildman–Crippen LogP) is 0.818. The van der Waals surface area contributed by atoms with Crippen LogP contribution in [0.4, 0.5) is 0 Å². The number of carbonyl (C=O) groups is 1. The van der Waals surface area contributed by atoms with Crippen molar-refractivity contribution in [3.8, 4) is 0 Å². The highest BCUT2D eigenvalue weighted by atomic mass is 16.3. The Kier molecular flexibility index (Phi) is 2.28. The van der Waals surface area contributed by atoms with Gasteiger partial charge in [-0.3, -0.25) is 4.79 Å². The van der Waals surface area contributed by atoms with Crippen molar-refractivity contribution in [1.82, 2.24) is 5.32 Å². The molecule has 2 aliphatic rings. The summed E-state index contributed by atoms with van der Waals surface area (Å²) < 4.78 is 0. The van der Waals surface area contributed by atoms with Gasteiger partial charge in [0.05, 0.1) is 6.10 Å². The number of rotatable bonds is 0. The predicted molar refractivity (Wildman–Crippen MR) is 49.2 cm³/mol. The van der Waals surface area contributed by atoms with E-state index in [1.807, 2.05) is 0 Å². The second-order valence-electron chi connectivity index (χ2n) is 4.40. The van der Waals surface area contributed by atoms with Crippen LogP contribution in [0.15, 0.2) is 0 Å². The molecule has 1 spiro atoms. The summed E-state index contributed by atoms with van der Waals surface area (Å²) in [6.07, 6.45) is 5.45. The summed E-state index contributed by atoms with van der Waals surface area (Å²) >= 11 is 0. The lowest BCUT2D eigenvalue weighted by molar-refractivity contribution is -0.131. The third-order valence-electron chi connectivity index (χ3n) is 3.57. The van der Waals surface area contributed by atoms with Crippen LogP contribution in [0.1, 0.15) is 38.5 Å². The van der Waals surface area contributed by atoms with Gasteiger partial charge in [0, 0.05) is 18.4 Å². The molecule has 1 saturated heterocycles. The second-order valence-corrected chi connectivity index (χ2v) is 4.40. The molecule has 1 aliphatic heterocycles. The third kappa shape index (κ3) is 1.57. The van der Waals surface area contributed by atoms with Crippen molar-refractivity contribution in [2.45, 2.75) is 44.6 Å². The minimum absolute atomic E-state index is 0.0689. The van der Waals surface area contributed by atoms with E-state index >= 15 is 0 Å². The van der Waals surface area contributed by atoms with Gasteiger partial charge < -0.3 is 10.4 Å². The molecular weight excluding hydrogens is 166 g/mol. The van der Waals surface area contributed by atoms with Crippen molar-refractivity contribution in [1.29, 1.82) is 0 Å². The van der Waals surface area contributed by atoms with Crippen LogP contribution in [0, 0.1) is 5.41 Å². The van der Waals surface area contributed by atoms with Crippen molar-refractivity contribution in [2.75, 3.05) is 6.54 Å². The van der Waals surface area contributed by atoms with Crippen molar-refractivity contribution in [3.63, 3.8) is 0 Å². The van der Waals surface area contributed by atoms with E-state index < -0.39 is 0 Å². The zero-order valence-electron chi connectivity index (χ0n) is 7.88. The van der Waals surface area contributed by atoms with Gasteiger partial charge in [0.1, 0.15) is 0 Å². The van der Waals surface area contributed by atoms with Gasteiger partial charge in [0.25, 0.3) is 0 Å². The Bertz CT molecular complexity index is 213. The molecule has 3 nitrogen and oxygen atoms in total. The average molecular weight is 183 g/mol. The lowest BCUT2D eigenvalue weighted by Gasteiger charge is -2.43. The van der Waals surface area contributed by atoms with E-state index in [0.29, 0.717) is 6.42 Å². The number of amides is 1. The maximum absolute atomic E-state index is 11.3. The summed E-state index contributed by atoms with van der Waals surface area (Å²) in [7, 11) is 0. The van der Waals surface area contributed by atoms with Gasteiger partial charge in [-0.15, -0.1) is 0 Å². The number of carbonyl (C=O) groups excluding carboxylic acids is 1. The summed E-state index contributed by atoms with van der Waals surface area (Å²) in [6, 6.07) is 0. The molecule has 2 atom stereocenters. The van der Waals surface area contributed by atoms with Crippen molar-refractivity contribution in [2.24, 2.45) is 5.41 Å². The fraction of sp³-hybridized carbons (Fsp3) is 0.900. The van der Waals surface area contributed by atoms with E-state index in [1.54, 1.807) is 0 Å². The molecule has 2 rings (SSSR count). The van der Waals surface area contributed by atoms with E-state index in [4.69, 9.17) is 0 Å². The maximum Gasteiger partial charge on any atom is 0.220 e. The first kappa shape index (κ1) is 9.00. The zero-order chi connectivity index (χ0) is 9.31. The molecule has 2 fully saturated rings. The molecule has 1 saturated carbocycles. The minimum Gasteiger partial charge on any atom is -0.393 e. The smallest absolute Gasteiger partial charge is 0.220 e. The number of aliphatic hydroxyl groups is 1. The highest BCUT2D eigenvalue weighted by molar-refractivity contribution is 5.77. The molecule has 0 bridgehead atoms. The summed E-state index contributed by atoms with van der Waals surface area (Å²) in [5, 5.41) is 12.7. The molecular formula is C10H17NO2. The number of hydrogen-bond acceptors (Lipinski definition) is 2. The highest BCUT2D eigenvalue weighted by Gasteiger charge is 2.42. The molecule has 3 heteroatoms. The van der Waals surface area contributed by atoms with E-state index in [-0.39, 0.29) is 17.4 Å². The molecule has 0 aromatic heterocycles. The van der Waals surface area contributed by atoms with Crippen molar-refractivity contribution >= 4 is 5.91 Å². The Labute approximate surface area is 78.5 Å². The third-order valence-corrected chi connectivity index (χ3v) is 3.57. The second kappa shape index (κ2) is 3.29. The van der Waals surface area contributed by atoms with Crippen LogP contribution in [0.2, 0.25) is 0 Å². The van der Waals surface area contributed by atoms with Crippen LogP contribution in [-0.2, 0) is 4.79 Å². The standard InChI is InChI=1S/C10H17NO2/c12-8-3-1-2-4-10(8)5-6-11-9(13)7-10/h8,12H,1-7H2,(H,11,13). The zero-order valence-corrected chi connectivity index (χ0v) is 7.88. The summed E-state index contributed by atoms with van der Waals surface area (Å²) in [5.41, 5.74) is -0.0689. The van der Waals surface area contributed by atoms with Crippen molar-refractivity contribution in [3.05, 3.63) is 0 Å². The molecule has 13 heavy (non-hydrogen) atoms. The first-order valence-corrected chi connectivity index (χ1v) is 5.18. The molecule has 74 valence electrons. The van der Waals surface area contributed by atoms with Gasteiger partial charge in [-0.25, -0.2) is 0 Å². The lowest BCUT2D eigenvalue weighted by atomic mass is 9.66. The molecule has 2 unspecified atom stereocenters. The Morgan fingerprint density at radius 2 is 2.23 bits per heavy atom. The van der Waals surface area contributed by atoms with Crippen LogP contribution < -0.4 is 5.32 Å².